The maximum absolute atomic E-state index is 12.9. The summed E-state index contributed by atoms with van der Waals surface area (Å²) < 4.78 is 22.9. The second-order valence-electron chi connectivity index (χ2n) is 6.36. The number of rotatable bonds is 4. The molecule has 3 rings (SSSR count). The van der Waals surface area contributed by atoms with Gasteiger partial charge in [0.05, 0.1) is 18.9 Å². The monoisotopic (exact) mass is 349 g/mol. The highest BCUT2D eigenvalue weighted by atomic mass is 19.1. The van der Waals surface area contributed by atoms with Gasteiger partial charge in [-0.2, -0.15) is 0 Å². The highest BCUT2D eigenvalue weighted by molar-refractivity contribution is 5.83. The Labute approximate surface area is 144 Å². The predicted molar refractivity (Wildman–Crippen MR) is 84.9 cm³/mol. The number of piperidine rings is 1. The highest BCUT2D eigenvalue weighted by Gasteiger charge is 2.35. The summed E-state index contributed by atoms with van der Waals surface area (Å²) >= 11 is 0. The van der Waals surface area contributed by atoms with Gasteiger partial charge < -0.3 is 14.4 Å². The molecule has 0 aromatic heterocycles. The Hall–Kier alpha value is -2.44. The molecule has 1 amide bonds. The first-order valence-corrected chi connectivity index (χ1v) is 8.42. The molecule has 2 heterocycles. The van der Waals surface area contributed by atoms with Gasteiger partial charge in [-0.15, -0.1) is 0 Å². The quantitative estimate of drug-likeness (QED) is 0.770. The summed E-state index contributed by atoms with van der Waals surface area (Å²) in [5, 5.41) is 0. The predicted octanol–water partition coefficient (Wildman–Crippen LogP) is 1.47. The molecule has 25 heavy (non-hydrogen) atoms. The van der Waals surface area contributed by atoms with Crippen LogP contribution in [0.4, 0.5) is 4.39 Å². The van der Waals surface area contributed by atoms with E-state index in [0.29, 0.717) is 25.8 Å². The molecule has 0 radical (unpaired) electrons. The van der Waals surface area contributed by atoms with Gasteiger partial charge in [-0.1, -0.05) is 12.1 Å². The summed E-state index contributed by atoms with van der Waals surface area (Å²) in [6.45, 7) is 1.12. The van der Waals surface area contributed by atoms with E-state index in [1.165, 1.54) is 12.1 Å². The number of esters is 2. The largest absolute Gasteiger partial charge is 0.463 e. The molecule has 0 bridgehead atoms. The van der Waals surface area contributed by atoms with Crippen molar-refractivity contribution in [3.63, 3.8) is 0 Å². The molecule has 2 aliphatic heterocycles. The van der Waals surface area contributed by atoms with E-state index in [9.17, 15) is 18.8 Å². The van der Waals surface area contributed by atoms with Crippen LogP contribution in [0.5, 0.6) is 0 Å². The third-order valence-electron chi connectivity index (χ3n) is 4.52. The van der Waals surface area contributed by atoms with E-state index in [2.05, 4.69) is 0 Å². The normalized spacial score (nSPS) is 23.2. The molecule has 0 saturated carbocycles. The molecule has 6 nitrogen and oxygen atoms in total. The van der Waals surface area contributed by atoms with Gasteiger partial charge in [0.15, 0.2) is 0 Å². The Bertz CT molecular complexity index is 660. The summed E-state index contributed by atoms with van der Waals surface area (Å²) in [5.74, 6) is -1.84. The molecular weight excluding hydrogens is 329 g/mol. The van der Waals surface area contributed by atoms with Gasteiger partial charge in [0.1, 0.15) is 5.82 Å². The van der Waals surface area contributed by atoms with Crippen molar-refractivity contribution in [2.45, 2.75) is 31.8 Å². The van der Waals surface area contributed by atoms with Crippen LogP contribution < -0.4 is 0 Å². The average Bonchev–Trinajstić information content (AvgIpc) is 3.02. The van der Waals surface area contributed by atoms with Crippen LogP contribution >= 0.6 is 0 Å². The van der Waals surface area contributed by atoms with Crippen LogP contribution in [-0.4, -0.2) is 48.5 Å². The van der Waals surface area contributed by atoms with Crippen LogP contribution in [0, 0.1) is 11.7 Å². The smallest absolute Gasteiger partial charge is 0.347 e. The minimum atomic E-state index is -0.821. The first kappa shape index (κ1) is 17.4. The van der Waals surface area contributed by atoms with Crippen molar-refractivity contribution in [1.82, 2.24) is 4.90 Å². The number of benzene rings is 1. The molecule has 2 atom stereocenters. The number of nitrogens with zero attached hydrogens (tertiary/aromatic N) is 1. The number of likely N-dealkylation sites (tertiary alicyclic amines) is 1. The Morgan fingerprint density at radius 2 is 2.00 bits per heavy atom. The van der Waals surface area contributed by atoms with Gasteiger partial charge in [-0.25, -0.2) is 9.18 Å². The number of hydrogen-bond donors (Lipinski definition) is 0. The maximum atomic E-state index is 12.9. The van der Waals surface area contributed by atoms with Gasteiger partial charge >= 0.3 is 11.9 Å². The number of carbonyl (C=O) groups is 3. The van der Waals surface area contributed by atoms with Crippen molar-refractivity contribution >= 4 is 17.8 Å². The first-order chi connectivity index (χ1) is 12.0. The maximum Gasteiger partial charge on any atom is 0.347 e. The summed E-state index contributed by atoms with van der Waals surface area (Å²) in [4.78, 5) is 37.7. The minimum Gasteiger partial charge on any atom is -0.463 e. The lowest BCUT2D eigenvalue weighted by molar-refractivity contribution is -0.165. The van der Waals surface area contributed by atoms with E-state index in [1.54, 1.807) is 17.0 Å². The van der Waals surface area contributed by atoms with Crippen molar-refractivity contribution in [2.75, 3.05) is 19.7 Å². The topological polar surface area (TPSA) is 72.9 Å². The second-order valence-corrected chi connectivity index (χ2v) is 6.36. The van der Waals surface area contributed by atoms with E-state index >= 15 is 0 Å². The fraction of sp³-hybridized carbons (Fsp3) is 0.500. The lowest BCUT2D eigenvalue weighted by Gasteiger charge is -2.32. The number of carbonyl (C=O) groups excluding carboxylic acids is 3. The number of ether oxygens (including phenoxy) is 2. The molecule has 7 heteroatoms. The SMILES string of the molecule is O=C(O[C@H]1CCOC1=O)[C@H]1CCCN(C(=O)Cc2ccc(F)cc2)C1. The first-order valence-electron chi connectivity index (χ1n) is 8.42. The van der Waals surface area contributed by atoms with Crippen LogP contribution in [0.1, 0.15) is 24.8 Å². The number of hydrogen-bond acceptors (Lipinski definition) is 5. The van der Waals surface area contributed by atoms with E-state index in [-0.39, 0.29) is 31.3 Å². The van der Waals surface area contributed by atoms with Crippen LogP contribution in [0.2, 0.25) is 0 Å². The minimum absolute atomic E-state index is 0.107. The number of cyclic esters (lactones) is 1. The zero-order chi connectivity index (χ0) is 17.8. The Morgan fingerprint density at radius 3 is 2.68 bits per heavy atom. The van der Waals surface area contributed by atoms with Crippen molar-refractivity contribution in [3.8, 4) is 0 Å². The second kappa shape index (κ2) is 7.63. The molecule has 1 aromatic carbocycles. The zero-order valence-electron chi connectivity index (χ0n) is 13.8. The number of amides is 1. The van der Waals surface area contributed by atoms with E-state index in [1.807, 2.05) is 0 Å². The van der Waals surface area contributed by atoms with E-state index in [0.717, 1.165) is 5.56 Å². The summed E-state index contributed by atoms with van der Waals surface area (Å²) in [7, 11) is 0. The molecule has 0 spiro atoms. The standard InChI is InChI=1S/C18H20FNO5/c19-14-5-3-12(4-6-14)10-16(21)20-8-1-2-13(11-20)17(22)25-15-7-9-24-18(15)23/h3-6,13,15H,1-2,7-11H2/t13-,15-/m0/s1. The van der Waals surface area contributed by atoms with Crippen molar-refractivity contribution in [1.29, 1.82) is 0 Å². The van der Waals surface area contributed by atoms with Crippen LogP contribution in [0.3, 0.4) is 0 Å². The molecule has 2 aliphatic rings. The van der Waals surface area contributed by atoms with E-state index in [4.69, 9.17) is 9.47 Å². The molecule has 0 unspecified atom stereocenters. The lowest BCUT2D eigenvalue weighted by Crippen LogP contribution is -2.44. The third-order valence-corrected chi connectivity index (χ3v) is 4.52. The Kier molecular flexibility index (Phi) is 5.31. The van der Waals surface area contributed by atoms with Gasteiger partial charge in [-0.3, -0.25) is 9.59 Å². The van der Waals surface area contributed by atoms with Crippen LogP contribution in [-0.2, 0) is 30.3 Å². The van der Waals surface area contributed by atoms with Gasteiger partial charge in [0, 0.05) is 19.5 Å². The fourth-order valence-electron chi connectivity index (χ4n) is 3.11. The lowest BCUT2D eigenvalue weighted by atomic mass is 9.97. The summed E-state index contributed by atoms with van der Waals surface area (Å²) in [6, 6.07) is 5.79. The molecule has 2 fully saturated rings. The van der Waals surface area contributed by atoms with Crippen LogP contribution in [0.25, 0.3) is 0 Å². The van der Waals surface area contributed by atoms with Crippen molar-refractivity contribution in [2.24, 2.45) is 5.92 Å². The van der Waals surface area contributed by atoms with Crippen molar-refractivity contribution in [3.05, 3.63) is 35.6 Å². The molecule has 0 aliphatic carbocycles. The summed E-state index contributed by atoms with van der Waals surface area (Å²) in [6.07, 6.45) is 1.05. The molecule has 0 N–H and O–H groups in total. The van der Waals surface area contributed by atoms with Crippen molar-refractivity contribution < 1.29 is 28.2 Å². The number of halogens is 1. The zero-order valence-corrected chi connectivity index (χ0v) is 13.8. The van der Waals surface area contributed by atoms with Gasteiger partial charge in [0.25, 0.3) is 0 Å². The van der Waals surface area contributed by atoms with Gasteiger partial charge in [-0.05, 0) is 30.5 Å². The van der Waals surface area contributed by atoms with E-state index < -0.39 is 24.0 Å². The molecular formula is C18H20FNO5. The average molecular weight is 349 g/mol. The van der Waals surface area contributed by atoms with Crippen LogP contribution in [0.15, 0.2) is 24.3 Å². The summed E-state index contributed by atoms with van der Waals surface area (Å²) in [5.41, 5.74) is 0.727. The molecule has 134 valence electrons. The third kappa shape index (κ3) is 4.35. The molecule has 2 saturated heterocycles. The Balaban J connectivity index is 1.54. The highest BCUT2D eigenvalue weighted by Crippen LogP contribution is 2.21. The van der Waals surface area contributed by atoms with Gasteiger partial charge in [0.2, 0.25) is 12.0 Å². The Morgan fingerprint density at radius 1 is 1.24 bits per heavy atom. The molecule has 1 aromatic rings. The fourth-order valence-corrected chi connectivity index (χ4v) is 3.11.